The van der Waals surface area contributed by atoms with Gasteiger partial charge >= 0.3 is 5.97 Å². The molecule has 0 radical (unpaired) electrons. The quantitative estimate of drug-likeness (QED) is 0.311. The van der Waals surface area contributed by atoms with Crippen LogP contribution in [0.5, 0.6) is 5.75 Å². The van der Waals surface area contributed by atoms with E-state index in [0.717, 1.165) is 19.2 Å². The number of halogens is 2. The highest BCUT2D eigenvalue weighted by molar-refractivity contribution is 14.1. The molecule has 0 spiro atoms. The van der Waals surface area contributed by atoms with E-state index in [1.807, 2.05) is 42.5 Å². The molecule has 0 N–H and O–H groups in total. The number of rotatable bonds is 5. The number of benzene rings is 2. The van der Waals surface area contributed by atoms with E-state index in [2.05, 4.69) is 43.5 Å². The summed E-state index contributed by atoms with van der Waals surface area (Å²) in [6.07, 6.45) is 1.86. The van der Waals surface area contributed by atoms with Gasteiger partial charge in [-0.1, -0.05) is 29.5 Å². The number of hydrogen-bond acceptors (Lipinski definition) is 6. The number of methoxy groups -OCH3 is 1. The molecule has 3 aromatic rings. The summed E-state index contributed by atoms with van der Waals surface area (Å²) in [6.45, 7) is 3.75. The van der Waals surface area contributed by atoms with Crippen LogP contribution in [0.25, 0.3) is 6.08 Å². The second-order valence-electron chi connectivity index (χ2n) is 7.25. The Balaban J connectivity index is 1.97. The average Bonchev–Trinajstić information content (AvgIpc) is 3.07. The molecule has 0 bridgehead atoms. The summed E-state index contributed by atoms with van der Waals surface area (Å²) >= 11 is 7.07. The number of thiazole rings is 1. The Morgan fingerprint density at radius 3 is 2.76 bits per heavy atom. The number of nitrogens with zero attached hydrogens (tertiary/aromatic N) is 2. The first-order chi connectivity index (χ1) is 15.8. The minimum Gasteiger partial charge on any atom is -0.496 e. The predicted molar refractivity (Wildman–Crippen MR) is 140 cm³/mol. The Kier molecular flexibility index (Phi) is 7.20. The topological polar surface area (TPSA) is 69.9 Å². The van der Waals surface area contributed by atoms with Gasteiger partial charge in [-0.05, 0) is 93.8 Å². The molecule has 1 atom stereocenters. The van der Waals surface area contributed by atoms with Gasteiger partial charge in [0.2, 0.25) is 0 Å². The molecule has 170 valence electrons. The number of aromatic nitrogens is 1. The highest BCUT2D eigenvalue weighted by Crippen LogP contribution is 2.34. The molecule has 0 amide bonds. The predicted octanol–water partition coefficient (Wildman–Crippen LogP) is 4.17. The van der Waals surface area contributed by atoms with Crippen LogP contribution < -0.4 is 19.6 Å². The molecule has 1 aliphatic rings. The van der Waals surface area contributed by atoms with Crippen LogP contribution in [0, 0.1) is 3.57 Å². The fourth-order valence-electron chi connectivity index (χ4n) is 3.71. The number of carbonyl (C=O) groups excluding carboxylic acids is 1. The molecular weight excluding hydrogens is 619 g/mol. The molecule has 0 saturated heterocycles. The summed E-state index contributed by atoms with van der Waals surface area (Å²) < 4.78 is 14.6. The first-order valence-corrected chi connectivity index (χ1v) is 12.8. The van der Waals surface area contributed by atoms with E-state index in [1.165, 1.54) is 11.3 Å². The Hall–Kier alpha value is -2.24. The van der Waals surface area contributed by atoms with Crippen molar-refractivity contribution in [3.8, 4) is 5.75 Å². The van der Waals surface area contributed by atoms with Crippen LogP contribution in [-0.4, -0.2) is 24.3 Å². The van der Waals surface area contributed by atoms with Crippen molar-refractivity contribution in [3.63, 3.8) is 0 Å². The molecule has 9 heteroatoms. The SMILES string of the molecule is CCOC(=O)C1=C(C)N=c2s/c(=C/c3cccc(I)c3)c(=O)n2[C@H]1c1ccc(OC)c(Br)c1. The van der Waals surface area contributed by atoms with Crippen molar-refractivity contribution in [2.75, 3.05) is 13.7 Å². The molecule has 2 heterocycles. The number of hydrogen-bond donors (Lipinski definition) is 0. The fourth-order valence-corrected chi connectivity index (χ4v) is 5.88. The highest BCUT2D eigenvalue weighted by Gasteiger charge is 2.33. The van der Waals surface area contributed by atoms with Gasteiger partial charge in [0, 0.05) is 3.57 Å². The minimum atomic E-state index is -0.666. The standard InChI is InChI=1S/C24H20BrIN2O4S/c1-4-32-23(30)20-13(2)27-24-28(21(20)15-8-9-18(31-3)17(25)12-15)22(29)19(33-24)11-14-6-5-7-16(26)10-14/h5-12,21H,4H2,1-3H3/b19-11+/t21-/m0/s1. The van der Waals surface area contributed by atoms with Crippen LogP contribution in [0.3, 0.4) is 0 Å². The van der Waals surface area contributed by atoms with Gasteiger partial charge < -0.3 is 9.47 Å². The molecule has 2 aromatic carbocycles. The van der Waals surface area contributed by atoms with Crippen molar-refractivity contribution in [2.45, 2.75) is 19.9 Å². The van der Waals surface area contributed by atoms with Gasteiger partial charge in [0.1, 0.15) is 5.75 Å². The Morgan fingerprint density at radius 1 is 1.30 bits per heavy atom. The lowest BCUT2D eigenvalue weighted by molar-refractivity contribution is -0.139. The zero-order valence-corrected chi connectivity index (χ0v) is 22.7. The molecule has 0 aliphatic carbocycles. The van der Waals surface area contributed by atoms with Gasteiger partial charge in [-0.15, -0.1) is 0 Å². The maximum absolute atomic E-state index is 13.6. The number of esters is 1. The zero-order valence-electron chi connectivity index (χ0n) is 18.1. The van der Waals surface area contributed by atoms with E-state index in [1.54, 1.807) is 31.6 Å². The molecular formula is C24H20BrIN2O4S. The van der Waals surface area contributed by atoms with Gasteiger partial charge in [-0.2, -0.15) is 0 Å². The molecule has 0 unspecified atom stereocenters. The molecule has 1 aromatic heterocycles. The number of carbonyl (C=O) groups is 1. The largest absolute Gasteiger partial charge is 0.496 e. The van der Waals surface area contributed by atoms with Crippen molar-refractivity contribution < 1.29 is 14.3 Å². The normalized spacial score (nSPS) is 15.8. The second-order valence-corrected chi connectivity index (χ2v) is 10.4. The van der Waals surface area contributed by atoms with Gasteiger partial charge in [-0.25, -0.2) is 9.79 Å². The second kappa shape index (κ2) is 9.94. The lowest BCUT2D eigenvalue weighted by Crippen LogP contribution is -2.39. The number of allylic oxidation sites excluding steroid dienone is 1. The molecule has 0 fully saturated rings. The summed E-state index contributed by atoms with van der Waals surface area (Å²) in [4.78, 5) is 31.7. The summed E-state index contributed by atoms with van der Waals surface area (Å²) in [5, 5.41) is 0. The maximum atomic E-state index is 13.6. The van der Waals surface area contributed by atoms with Crippen LogP contribution in [0.1, 0.15) is 31.0 Å². The maximum Gasteiger partial charge on any atom is 0.338 e. The Morgan fingerprint density at radius 2 is 2.09 bits per heavy atom. The van der Waals surface area contributed by atoms with Crippen LogP contribution in [0.15, 0.2) is 68.0 Å². The van der Waals surface area contributed by atoms with Crippen LogP contribution in [0.2, 0.25) is 0 Å². The average molecular weight is 639 g/mol. The highest BCUT2D eigenvalue weighted by atomic mass is 127. The summed E-state index contributed by atoms with van der Waals surface area (Å²) in [5.41, 5.74) is 2.36. The van der Waals surface area contributed by atoms with Gasteiger partial charge in [-0.3, -0.25) is 9.36 Å². The van der Waals surface area contributed by atoms with Crippen LogP contribution >= 0.6 is 49.9 Å². The van der Waals surface area contributed by atoms with Crippen molar-refractivity contribution in [3.05, 3.63) is 92.6 Å². The fraction of sp³-hybridized carbons (Fsp3) is 0.208. The van der Waals surface area contributed by atoms with Crippen molar-refractivity contribution in [2.24, 2.45) is 4.99 Å². The molecule has 1 aliphatic heterocycles. The van der Waals surface area contributed by atoms with Gasteiger partial charge in [0.25, 0.3) is 5.56 Å². The minimum absolute atomic E-state index is 0.205. The third-order valence-electron chi connectivity index (χ3n) is 5.16. The summed E-state index contributed by atoms with van der Waals surface area (Å²) in [6, 6.07) is 12.8. The lowest BCUT2D eigenvalue weighted by Gasteiger charge is -2.25. The Labute approximate surface area is 216 Å². The van der Waals surface area contributed by atoms with E-state index < -0.39 is 12.0 Å². The van der Waals surface area contributed by atoms with E-state index in [9.17, 15) is 9.59 Å². The summed E-state index contributed by atoms with van der Waals surface area (Å²) in [5.74, 6) is 0.172. The van der Waals surface area contributed by atoms with Crippen LogP contribution in [-0.2, 0) is 9.53 Å². The van der Waals surface area contributed by atoms with Crippen molar-refractivity contribution in [1.29, 1.82) is 0 Å². The molecule has 0 saturated carbocycles. The smallest absolute Gasteiger partial charge is 0.338 e. The third-order valence-corrected chi connectivity index (χ3v) is 7.43. The van der Waals surface area contributed by atoms with Crippen molar-refractivity contribution in [1.82, 2.24) is 4.57 Å². The first-order valence-electron chi connectivity index (χ1n) is 10.1. The number of fused-ring (bicyclic) bond motifs is 1. The summed E-state index contributed by atoms with van der Waals surface area (Å²) in [7, 11) is 1.59. The van der Waals surface area contributed by atoms with E-state index in [-0.39, 0.29) is 12.2 Å². The molecule has 33 heavy (non-hydrogen) atoms. The molecule has 4 rings (SSSR count). The third kappa shape index (κ3) is 4.71. The van der Waals surface area contributed by atoms with E-state index in [4.69, 9.17) is 9.47 Å². The zero-order chi connectivity index (χ0) is 23.7. The van der Waals surface area contributed by atoms with E-state index in [0.29, 0.717) is 26.4 Å². The lowest BCUT2D eigenvalue weighted by atomic mass is 9.96. The van der Waals surface area contributed by atoms with Crippen molar-refractivity contribution >= 4 is 61.9 Å². The van der Waals surface area contributed by atoms with Gasteiger partial charge in [0.05, 0.1) is 40.0 Å². The van der Waals surface area contributed by atoms with Gasteiger partial charge in [0.15, 0.2) is 4.80 Å². The Bertz CT molecular complexity index is 1460. The monoisotopic (exact) mass is 638 g/mol. The van der Waals surface area contributed by atoms with E-state index >= 15 is 0 Å². The molecule has 6 nitrogen and oxygen atoms in total. The number of ether oxygens (including phenoxy) is 2. The van der Waals surface area contributed by atoms with Crippen LogP contribution in [0.4, 0.5) is 0 Å². The first kappa shape index (κ1) is 23.9.